The quantitative estimate of drug-likeness (QED) is 0.210. The van der Waals surface area contributed by atoms with Crippen LogP contribution in [0, 0.1) is 0 Å². The first-order chi connectivity index (χ1) is 21.3. The van der Waals surface area contributed by atoms with E-state index >= 15 is 0 Å². The number of hydrogen-bond donors (Lipinski definition) is 0. The molecule has 7 aromatic carbocycles. The molecule has 0 saturated carbocycles. The van der Waals surface area contributed by atoms with Crippen LogP contribution in [0.2, 0.25) is 0 Å². The Kier molecular flexibility index (Phi) is 5.40. The lowest BCUT2D eigenvalue weighted by Crippen LogP contribution is -2.10. The third-order valence-corrected chi connectivity index (χ3v) is 9.56. The molecule has 0 atom stereocenters. The summed E-state index contributed by atoms with van der Waals surface area (Å²) in [6.07, 6.45) is 0. The molecule has 0 bridgehead atoms. The molecular formula is C40H25NOS. The van der Waals surface area contributed by atoms with E-state index < -0.39 is 0 Å². The Morgan fingerprint density at radius 2 is 1.16 bits per heavy atom. The van der Waals surface area contributed by atoms with Crippen molar-refractivity contribution >= 4 is 81.3 Å². The Labute approximate surface area is 252 Å². The highest BCUT2D eigenvalue weighted by Crippen LogP contribution is 2.43. The number of furan rings is 1. The number of hydrogen-bond acceptors (Lipinski definition) is 3. The van der Waals surface area contributed by atoms with Crippen LogP contribution in [0.15, 0.2) is 156 Å². The van der Waals surface area contributed by atoms with Crippen LogP contribution in [0.5, 0.6) is 0 Å². The Morgan fingerprint density at radius 1 is 0.442 bits per heavy atom. The van der Waals surface area contributed by atoms with Crippen LogP contribution in [0.4, 0.5) is 17.1 Å². The molecular weight excluding hydrogens is 543 g/mol. The molecule has 9 rings (SSSR count). The molecule has 2 nitrogen and oxygen atoms in total. The van der Waals surface area contributed by atoms with Crippen molar-refractivity contribution in [3.63, 3.8) is 0 Å². The molecule has 2 heterocycles. The van der Waals surface area contributed by atoms with Crippen LogP contribution in [0.25, 0.3) is 64.0 Å². The van der Waals surface area contributed by atoms with Crippen LogP contribution in [0.1, 0.15) is 0 Å². The minimum atomic E-state index is 0.889. The molecule has 0 spiro atoms. The predicted octanol–water partition coefficient (Wildman–Crippen LogP) is 12.2. The average molecular weight is 568 g/mol. The van der Waals surface area contributed by atoms with Gasteiger partial charge >= 0.3 is 0 Å². The molecule has 2 aromatic heterocycles. The van der Waals surface area contributed by atoms with E-state index in [9.17, 15) is 0 Å². The highest BCUT2D eigenvalue weighted by Gasteiger charge is 2.19. The second-order valence-corrected chi connectivity index (χ2v) is 12.1. The average Bonchev–Trinajstić information content (AvgIpc) is 3.63. The highest BCUT2D eigenvalue weighted by molar-refractivity contribution is 7.25. The Hall–Kier alpha value is -5.38. The van der Waals surface area contributed by atoms with Crippen molar-refractivity contribution < 1.29 is 4.42 Å². The van der Waals surface area contributed by atoms with E-state index in [-0.39, 0.29) is 0 Å². The van der Waals surface area contributed by atoms with Crippen molar-refractivity contribution in [2.75, 3.05) is 4.90 Å². The Balaban J connectivity index is 1.16. The van der Waals surface area contributed by atoms with Crippen molar-refractivity contribution in [2.45, 2.75) is 0 Å². The molecule has 0 aliphatic heterocycles. The summed E-state index contributed by atoms with van der Waals surface area (Å²) in [6.45, 7) is 0. The predicted molar refractivity (Wildman–Crippen MR) is 184 cm³/mol. The maximum atomic E-state index is 6.25. The third-order valence-electron chi connectivity index (χ3n) is 8.43. The van der Waals surface area contributed by atoms with E-state index in [1.807, 2.05) is 23.5 Å². The van der Waals surface area contributed by atoms with Crippen LogP contribution in [-0.4, -0.2) is 0 Å². The lowest BCUT2D eigenvalue weighted by atomic mass is 9.99. The van der Waals surface area contributed by atoms with E-state index in [2.05, 4.69) is 144 Å². The monoisotopic (exact) mass is 567 g/mol. The standard InChI is InChI=1S/C40H25NOS/c1-2-9-30(10-3-1)41(35-13-8-15-37-40(35)33-12-4-6-14-36(33)42-37)31-21-19-26(20-22-31)27-17-18-28-25-39-34(24-29(28)23-27)32-11-5-7-16-38(32)43-39/h1-25H. The summed E-state index contributed by atoms with van der Waals surface area (Å²) in [7, 11) is 0. The minimum Gasteiger partial charge on any atom is -0.456 e. The van der Waals surface area contributed by atoms with Crippen LogP contribution in [-0.2, 0) is 0 Å². The van der Waals surface area contributed by atoms with Gasteiger partial charge in [0.15, 0.2) is 0 Å². The summed E-state index contributed by atoms with van der Waals surface area (Å²) >= 11 is 1.87. The molecule has 0 fully saturated rings. The molecule has 9 aromatic rings. The molecule has 3 heteroatoms. The molecule has 0 amide bonds. The molecule has 202 valence electrons. The van der Waals surface area contributed by atoms with Crippen molar-refractivity contribution in [3.8, 4) is 11.1 Å². The molecule has 0 saturated heterocycles. The topological polar surface area (TPSA) is 16.4 Å². The van der Waals surface area contributed by atoms with Gasteiger partial charge in [-0.1, -0.05) is 84.9 Å². The summed E-state index contributed by atoms with van der Waals surface area (Å²) in [4.78, 5) is 2.33. The zero-order valence-electron chi connectivity index (χ0n) is 23.2. The fourth-order valence-electron chi connectivity index (χ4n) is 6.40. The molecule has 0 aliphatic rings. The zero-order valence-corrected chi connectivity index (χ0v) is 24.0. The zero-order chi connectivity index (χ0) is 28.3. The largest absolute Gasteiger partial charge is 0.456 e. The fraction of sp³-hybridized carbons (Fsp3) is 0. The van der Waals surface area contributed by atoms with Crippen molar-refractivity contribution in [3.05, 3.63) is 152 Å². The number of anilines is 3. The number of thiophene rings is 1. The van der Waals surface area contributed by atoms with Gasteiger partial charge in [0.25, 0.3) is 0 Å². The SMILES string of the molecule is c1ccc(N(c2ccc(-c3ccc4cc5sc6ccccc6c5cc4c3)cc2)c2cccc3oc4ccccc4c23)cc1. The number of para-hydroxylation sites is 2. The summed E-state index contributed by atoms with van der Waals surface area (Å²) in [5.41, 5.74) is 7.50. The van der Waals surface area contributed by atoms with Gasteiger partial charge in [0.1, 0.15) is 11.2 Å². The summed E-state index contributed by atoms with van der Waals surface area (Å²) < 4.78 is 8.92. The van der Waals surface area contributed by atoms with Crippen molar-refractivity contribution in [2.24, 2.45) is 0 Å². The normalized spacial score (nSPS) is 11.7. The Morgan fingerprint density at radius 3 is 2.05 bits per heavy atom. The molecule has 0 radical (unpaired) electrons. The maximum Gasteiger partial charge on any atom is 0.137 e. The van der Waals surface area contributed by atoms with E-state index in [4.69, 9.17) is 4.42 Å². The first-order valence-corrected chi connectivity index (χ1v) is 15.3. The second-order valence-electron chi connectivity index (χ2n) is 11.0. The van der Waals surface area contributed by atoms with Crippen LogP contribution < -0.4 is 4.90 Å². The summed E-state index contributed by atoms with van der Waals surface area (Å²) in [5.74, 6) is 0. The van der Waals surface area contributed by atoms with Gasteiger partial charge in [0.05, 0.1) is 11.1 Å². The van der Waals surface area contributed by atoms with E-state index in [1.165, 1.54) is 42.1 Å². The number of benzene rings is 7. The third kappa shape index (κ3) is 3.93. The van der Waals surface area contributed by atoms with Crippen molar-refractivity contribution in [1.82, 2.24) is 0 Å². The molecule has 0 unspecified atom stereocenters. The van der Waals surface area contributed by atoms with Crippen LogP contribution >= 0.6 is 11.3 Å². The van der Waals surface area contributed by atoms with Gasteiger partial charge in [-0.3, -0.25) is 0 Å². The van der Waals surface area contributed by atoms with Gasteiger partial charge < -0.3 is 9.32 Å². The lowest BCUT2D eigenvalue weighted by molar-refractivity contribution is 0.669. The molecule has 43 heavy (non-hydrogen) atoms. The number of nitrogens with zero attached hydrogens (tertiary/aromatic N) is 1. The molecule has 0 aliphatic carbocycles. The molecule has 0 N–H and O–H groups in total. The van der Waals surface area contributed by atoms with Gasteiger partial charge in [-0.05, 0) is 88.6 Å². The summed E-state index contributed by atoms with van der Waals surface area (Å²) in [6, 6.07) is 54.3. The van der Waals surface area contributed by atoms with E-state index in [0.717, 1.165) is 39.0 Å². The number of fused-ring (bicyclic) bond motifs is 7. The van der Waals surface area contributed by atoms with E-state index in [0.29, 0.717) is 0 Å². The Bertz CT molecular complexity index is 2450. The summed E-state index contributed by atoms with van der Waals surface area (Å²) in [5, 5.41) is 7.44. The van der Waals surface area contributed by atoms with E-state index in [1.54, 1.807) is 0 Å². The maximum absolute atomic E-state index is 6.25. The highest BCUT2D eigenvalue weighted by atomic mass is 32.1. The van der Waals surface area contributed by atoms with Crippen molar-refractivity contribution in [1.29, 1.82) is 0 Å². The lowest BCUT2D eigenvalue weighted by Gasteiger charge is -2.26. The smallest absolute Gasteiger partial charge is 0.137 e. The van der Waals surface area contributed by atoms with Gasteiger partial charge in [-0.25, -0.2) is 0 Å². The van der Waals surface area contributed by atoms with Gasteiger partial charge in [0.2, 0.25) is 0 Å². The van der Waals surface area contributed by atoms with Gasteiger partial charge in [-0.2, -0.15) is 0 Å². The second kappa shape index (κ2) is 9.59. The number of rotatable bonds is 4. The minimum absolute atomic E-state index is 0.889. The van der Waals surface area contributed by atoms with Crippen LogP contribution in [0.3, 0.4) is 0 Å². The fourth-order valence-corrected chi connectivity index (χ4v) is 7.53. The van der Waals surface area contributed by atoms with Gasteiger partial charge in [-0.15, -0.1) is 11.3 Å². The first-order valence-electron chi connectivity index (χ1n) is 14.5. The first kappa shape index (κ1) is 24.2. The van der Waals surface area contributed by atoms with Gasteiger partial charge in [0, 0.05) is 36.9 Å².